The fraction of sp³-hybridized carbons (Fsp3) is 0.0500. The van der Waals surface area contributed by atoms with Gasteiger partial charge in [0.2, 0.25) is 0 Å². The Balaban J connectivity index is 1.89. The number of barbiturate groups is 1. The van der Waals surface area contributed by atoms with Crippen molar-refractivity contribution in [3.63, 3.8) is 0 Å². The van der Waals surface area contributed by atoms with Gasteiger partial charge in [-0.05, 0) is 12.2 Å². The summed E-state index contributed by atoms with van der Waals surface area (Å²) in [6.45, 7) is 0. The van der Waals surface area contributed by atoms with Crippen LogP contribution in [0.4, 0.5) is 4.79 Å². The number of imide groups is 2. The number of benzene rings is 2. The summed E-state index contributed by atoms with van der Waals surface area (Å²) in [6.07, 6.45) is 2.87. The normalized spacial score (nSPS) is 18.4. The van der Waals surface area contributed by atoms with E-state index in [1.54, 1.807) is 0 Å². The van der Waals surface area contributed by atoms with Crippen LogP contribution in [-0.4, -0.2) is 17.8 Å². The number of hydrogen-bond acceptors (Lipinski definition) is 4. The quantitative estimate of drug-likeness (QED) is 0.818. The topological polar surface area (TPSA) is 84.5 Å². The Morgan fingerprint density at radius 2 is 1.08 bits per heavy atom. The molecule has 0 aromatic heterocycles. The molecule has 0 atom stereocenters. The van der Waals surface area contributed by atoms with Crippen molar-refractivity contribution in [1.29, 1.82) is 0 Å². The van der Waals surface area contributed by atoms with Crippen molar-refractivity contribution < 1.29 is 19.1 Å². The molecule has 26 heavy (non-hydrogen) atoms. The molecule has 2 heterocycles. The summed E-state index contributed by atoms with van der Waals surface area (Å²) >= 11 is 0. The minimum atomic E-state index is -1.66. The van der Waals surface area contributed by atoms with Crippen LogP contribution < -0.4 is 10.6 Å². The van der Waals surface area contributed by atoms with Crippen molar-refractivity contribution in [1.82, 2.24) is 10.6 Å². The fourth-order valence-electron chi connectivity index (χ4n) is 2.93. The van der Waals surface area contributed by atoms with E-state index in [0.717, 1.165) is 0 Å². The first-order valence-electron chi connectivity index (χ1n) is 8.00. The highest BCUT2D eigenvalue weighted by molar-refractivity contribution is 6.23. The molecule has 2 aliphatic heterocycles. The monoisotopic (exact) mass is 346 g/mol. The Hall–Kier alpha value is -3.67. The molecule has 0 bridgehead atoms. The third kappa shape index (κ3) is 2.57. The lowest BCUT2D eigenvalue weighted by Crippen LogP contribution is -2.61. The molecule has 2 N–H and O–H groups in total. The maximum atomic E-state index is 12.6. The first kappa shape index (κ1) is 15.8. The smallest absolute Gasteiger partial charge is 0.328 e. The first-order chi connectivity index (χ1) is 12.6. The molecule has 0 saturated carbocycles. The predicted octanol–water partition coefficient (Wildman–Crippen LogP) is 2.45. The van der Waals surface area contributed by atoms with Crippen LogP contribution in [0.25, 0.3) is 11.5 Å². The van der Waals surface area contributed by atoms with Crippen molar-refractivity contribution in [2.45, 2.75) is 0 Å². The molecule has 1 saturated heterocycles. The van der Waals surface area contributed by atoms with Crippen LogP contribution in [0.15, 0.2) is 72.8 Å². The third-order valence-electron chi connectivity index (χ3n) is 4.26. The Bertz CT molecular complexity index is 884. The highest BCUT2D eigenvalue weighted by atomic mass is 16.5. The molecule has 6 nitrogen and oxygen atoms in total. The molecular weight excluding hydrogens is 332 g/mol. The summed E-state index contributed by atoms with van der Waals surface area (Å²) in [4.78, 5) is 36.7. The largest absolute Gasteiger partial charge is 0.457 e. The third-order valence-corrected chi connectivity index (χ3v) is 4.26. The lowest BCUT2D eigenvalue weighted by molar-refractivity contribution is -0.138. The van der Waals surface area contributed by atoms with E-state index >= 15 is 0 Å². The maximum absolute atomic E-state index is 12.6. The van der Waals surface area contributed by atoms with Crippen molar-refractivity contribution in [3.05, 3.63) is 83.9 Å². The van der Waals surface area contributed by atoms with Crippen LogP contribution in [0.1, 0.15) is 11.1 Å². The van der Waals surface area contributed by atoms with E-state index in [-0.39, 0.29) is 0 Å². The van der Waals surface area contributed by atoms with E-state index in [4.69, 9.17) is 4.74 Å². The average Bonchev–Trinajstić information content (AvgIpc) is 2.67. The van der Waals surface area contributed by atoms with E-state index in [0.29, 0.717) is 22.6 Å². The van der Waals surface area contributed by atoms with Crippen molar-refractivity contribution in [2.24, 2.45) is 5.41 Å². The Morgan fingerprint density at radius 3 is 1.50 bits per heavy atom. The van der Waals surface area contributed by atoms with E-state index < -0.39 is 23.3 Å². The van der Waals surface area contributed by atoms with E-state index in [1.807, 2.05) is 60.7 Å². The highest BCUT2D eigenvalue weighted by Crippen LogP contribution is 2.39. The van der Waals surface area contributed by atoms with Crippen LogP contribution in [0.3, 0.4) is 0 Å². The maximum Gasteiger partial charge on any atom is 0.328 e. The van der Waals surface area contributed by atoms with E-state index in [9.17, 15) is 14.4 Å². The lowest BCUT2D eigenvalue weighted by Gasteiger charge is -2.33. The summed E-state index contributed by atoms with van der Waals surface area (Å²) in [5.74, 6) is -0.689. The molecule has 6 heteroatoms. The Labute approximate surface area is 149 Å². The second-order valence-corrected chi connectivity index (χ2v) is 5.96. The zero-order chi connectivity index (χ0) is 18.1. The van der Waals surface area contributed by atoms with Crippen LogP contribution in [0, 0.1) is 5.41 Å². The standard InChI is InChI=1S/C20H14N2O4/c23-17-20(18(24)22-19(25)21-17)11-15(13-7-3-1-4-8-13)26-16(12-20)14-9-5-2-6-10-14/h1-12H,(H2,21,22,23,24,25). The zero-order valence-corrected chi connectivity index (χ0v) is 13.6. The lowest BCUT2D eigenvalue weighted by atomic mass is 9.80. The van der Waals surface area contributed by atoms with Gasteiger partial charge in [0.05, 0.1) is 0 Å². The van der Waals surface area contributed by atoms with Gasteiger partial charge in [0.15, 0.2) is 5.41 Å². The summed E-state index contributed by atoms with van der Waals surface area (Å²) in [7, 11) is 0. The number of carbonyl (C=O) groups is 3. The Morgan fingerprint density at radius 1 is 0.654 bits per heavy atom. The van der Waals surface area contributed by atoms with E-state index in [1.165, 1.54) is 12.2 Å². The SMILES string of the molecule is O=C1NC(=O)C2(C=C(c3ccccc3)OC(c3ccccc3)=C2)C(=O)N1. The van der Waals surface area contributed by atoms with Gasteiger partial charge in [-0.15, -0.1) is 0 Å². The number of hydrogen-bond donors (Lipinski definition) is 2. The number of ether oxygens (including phenoxy) is 1. The molecule has 2 aromatic carbocycles. The minimum Gasteiger partial charge on any atom is -0.457 e. The van der Waals surface area contributed by atoms with Gasteiger partial charge >= 0.3 is 6.03 Å². The zero-order valence-electron chi connectivity index (χ0n) is 13.6. The summed E-state index contributed by atoms with van der Waals surface area (Å²) < 4.78 is 5.99. The van der Waals surface area contributed by atoms with Gasteiger partial charge in [-0.3, -0.25) is 20.2 Å². The number of nitrogens with one attached hydrogen (secondary N) is 2. The van der Waals surface area contributed by atoms with Gasteiger partial charge < -0.3 is 4.74 Å². The van der Waals surface area contributed by atoms with E-state index in [2.05, 4.69) is 10.6 Å². The molecule has 1 fully saturated rings. The minimum absolute atomic E-state index is 0.367. The highest BCUT2D eigenvalue weighted by Gasteiger charge is 2.50. The average molecular weight is 346 g/mol. The molecule has 4 rings (SSSR count). The number of rotatable bonds is 2. The molecule has 0 radical (unpaired) electrons. The van der Waals surface area contributed by atoms with Gasteiger partial charge in [0.25, 0.3) is 11.8 Å². The predicted molar refractivity (Wildman–Crippen MR) is 94.0 cm³/mol. The van der Waals surface area contributed by atoms with Gasteiger partial charge in [0.1, 0.15) is 11.5 Å². The summed E-state index contributed by atoms with van der Waals surface area (Å²) in [5.41, 5.74) is -0.237. The van der Waals surface area contributed by atoms with Crippen molar-refractivity contribution in [3.8, 4) is 0 Å². The molecule has 1 spiro atoms. The molecule has 4 amide bonds. The van der Waals surface area contributed by atoms with Gasteiger partial charge in [-0.25, -0.2) is 4.79 Å². The van der Waals surface area contributed by atoms with Gasteiger partial charge in [0, 0.05) is 11.1 Å². The second-order valence-electron chi connectivity index (χ2n) is 5.96. The summed E-state index contributed by atoms with van der Waals surface area (Å²) in [6, 6.07) is 17.5. The molecular formula is C20H14N2O4. The van der Waals surface area contributed by atoms with Crippen LogP contribution >= 0.6 is 0 Å². The Kier molecular flexibility index (Phi) is 3.65. The number of amides is 4. The fourth-order valence-corrected chi connectivity index (χ4v) is 2.93. The number of carbonyl (C=O) groups excluding carboxylic acids is 3. The second kappa shape index (κ2) is 6.00. The number of urea groups is 1. The molecule has 0 unspecified atom stereocenters. The van der Waals surface area contributed by atoms with Gasteiger partial charge in [-0.1, -0.05) is 60.7 Å². The van der Waals surface area contributed by atoms with Gasteiger partial charge in [-0.2, -0.15) is 0 Å². The first-order valence-corrected chi connectivity index (χ1v) is 8.00. The molecule has 128 valence electrons. The van der Waals surface area contributed by atoms with Crippen molar-refractivity contribution >= 4 is 29.4 Å². The van der Waals surface area contributed by atoms with Crippen LogP contribution in [0.5, 0.6) is 0 Å². The van der Waals surface area contributed by atoms with Crippen molar-refractivity contribution in [2.75, 3.05) is 0 Å². The molecule has 0 aliphatic carbocycles. The van der Waals surface area contributed by atoms with Crippen LogP contribution in [-0.2, 0) is 14.3 Å². The van der Waals surface area contributed by atoms with Crippen LogP contribution in [0.2, 0.25) is 0 Å². The summed E-state index contributed by atoms with van der Waals surface area (Å²) in [5, 5.41) is 4.32. The molecule has 2 aliphatic rings. The molecule has 2 aromatic rings.